The molecule has 1 aliphatic rings. The molecule has 3 aromatic rings. The van der Waals surface area contributed by atoms with Crippen LogP contribution in [0.2, 0.25) is 0 Å². The fourth-order valence-corrected chi connectivity index (χ4v) is 7.06. The van der Waals surface area contributed by atoms with Crippen LogP contribution in [0.15, 0.2) is 47.4 Å². The molecule has 0 spiro atoms. The fraction of sp³-hybridized carbons (Fsp3) is 0.462. The lowest BCUT2D eigenvalue weighted by Crippen LogP contribution is -2.41. The molecule has 1 saturated heterocycles. The van der Waals surface area contributed by atoms with Gasteiger partial charge < -0.3 is 9.64 Å². The molecule has 194 valence electrons. The maximum atomic E-state index is 13.6. The van der Waals surface area contributed by atoms with Crippen LogP contribution in [0.3, 0.4) is 0 Å². The number of hydrogen-bond acceptors (Lipinski definition) is 7. The second-order valence-electron chi connectivity index (χ2n) is 9.30. The first kappa shape index (κ1) is 26.5. The quantitative estimate of drug-likeness (QED) is 0.406. The highest BCUT2D eigenvalue weighted by atomic mass is 32.2. The third-order valence-corrected chi connectivity index (χ3v) is 9.43. The molecule has 10 heteroatoms. The predicted octanol–water partition coefficient (Wildman–Crippen LogP) is 4.47. The zero-order valence-corrected chi connectivity index (χ0v) is 22.9. The molecule has 0 bridgehead atoms. The highest BCUT2D eigenvalue weighted by Gasteiger charge is 2.31. The van der Waals surface area contributed by atoms with E-state index in [1.165, 1.54) is 11.3 Å². The molecule has 8 nitrogen and oxygen atoms in total. The van der Waals surface area contributed by atoms with Gasteiger partial charge in [-0.3, -0.25) is 9.69 Å². The molecule has 1 atom stereocenters. The number of ether oxygens (including phenoxy) is 1. The molecule has 1 aliphatic heterocycles. The van der Waals surface area contributed by atoms with Gasteiger partial charge in [-0.2, -0.15) is 4.31 Å². The first-order valence-electron chi connectivity index (χ1n) is 12.3. The van der Waals surface area contributed by atoms with Gasteiger partial charge in [0.1, 0.15) is 5.75 Å². The first-order chi connectivity index (χ1) is 17.2. The Morgan fingerprint density at radius 3 is 2.56 bits per heavy atom. The van der Waals surface area contributed by atoms with Crippen LogP contribution in [0.25, 0.3) is 10.2 Å². The standard InChI is InChI=1S/C26H34N4O4S2/c1-5-34-21-11-14-23-24(18-21)35-26(27-23)29(17-16-28(3)4)25(31)20-9-12-22(13-10-20)36(32,33)30-15-7-6-8-19(30)2/h9-14,18-19H,5-8,15-17H2,1-4H3. The number of hydrogen-bond donors (Lipinski definition) is 0. The van der Waals surface area contributed by atoms with E-state index in [9.17, 15) is 13.2 Å². The van der Waals surface area contributed by atoms with Crippen LogP contribution < -0.4 is 9.64 Å². The number of fused-ring (bicyclic) bond motifs is 1. The molecule has 1 aromatic heterocycles. The van der Waals surface area contributed by atoms with Crippen LogP contribution in [-0.4, -0.2) is 74.9 Å². The zero-order valence-electron chi connectivity index (χ0n) is 21.3. The van der Waals surface area contributed by atoms with Gasteiger partial charge in [0.15, 0.2) is 5.13 Å². The van der Waals surface area contributed by atoms with Crippen molar-refractivity contribution in [3.8, 4) is 5.75 Å². The Morgan fingerprint density at radius 1 is 1.14 bits per heavy atom. The summed E-state index contributed by atoms with van der Waals surface area (Å²) >= 11 is 1.44. The van der Waals surface area contributed by atoms with Crippen LogP contribution >= 0.6 is 11.3 Å². The summed E-state index contributed by atoms with van der Waals surface area (Å²) in [6.45, 7) is 6.11. The lowest BCUT2D eigenvalue weighted by atomic mass is 10.1. The zero-order chi connectivity index (χ0) is 25.9. The van der Waals surface area contributed by atoms with Gasteiger partial charge in [-0.1, -0.05) is 17.8 Å². The van der Waals surface area contributed by atoms with Gasteiger partial charge in [0, 0.05) is 31.2 Å². The molecule has 4 rings (SSSR count). The Labute approximate surface area is 217 Å². The van der Waals surface area contributed by atoms with Crippen molar-refractivity contribution >= 4 is 42.6 Å². The number of likely N-dealkylation sites (N-methyl/N-ethyl adjacent to an activating group) is 1. The molecule has 0 N–H and O–H groups in total. The Morgan fingerprint density at radius 2 is 1.89 bits per heavy atom. The number of benzene rings is 2. The smallest absolute Gasteiger partial charge is 0.260 e. The molecule has 1 amide bonds. The second kappa shape index (κ2) is 11.2. The summed E-state index contributed by atoms with van der Waals surface area (Å²) in [6.07, 6.45) is 2.78. The van der Waals surface area contributed by atoms with Gasteiger partial charge in [-0.25, -0.2) is 13.4 Å². The van der Waals surface area contributed by atoms with E-state index in [0.717, 1.165) is 35.2 Å². The number of carbonyl (C=O) groups is 1. The summed E-state index contributed by atoms with van der Waals surface area (Å²) in [5, 5.41) is 0.601. The van der Waals surface area contributed by atoms with Gasteiger partial charge in [0.05, 0.1) is 21.7 Å². The van der Waals surface area contributed by atoms with Crippen LogP contribution in [0.4, 0.5) is 5.13 Å². The third-order valence-electron chi connectivity index (χ3n) is 6.36. The summed E-state index contributed by atoms with van der Waals surface area (Å²) in [5.74, 6) is 0.558. The maximum Gasteiger partial charge on any atom is 0.260 e. The van der Waals surface area contributed by atoms with Crippen molar-refractivity contribution in [2.45, 2.75) is 44.0 Å². The Bertz CT molecular complexity index is 1310. The number of nitrogens with zero attached hydrogens (tertiary/aromatic N) is 4. The van der Waals surface area contributed by atoms with Crippen LogP contribution in [0.5, 0.6) is 5.75 Å². The van der Waals surface area contributed by atoms with E-state index < -0.39 is 10.0 Å². The normalized spacial score (nSPS) is 17.0. The molecule has 2 aromatic carbocycles. The summed E-state index contributed by atoms with van der Waals surface area (Å²) in [5.41, 5.74) is 1.23. The van der Waals surface area contributed by atoms with Crippen molar-refractivity contribution in [1.82, 2.24) is 14.2 Å². The van der Waals surface area contributed by atoms with Gasteiger partial charge in [0.2, 0.25) is 10.0 Å². The molecule has 0 saturated carbocycles. The van der Waals surface area contributed by atoms with Crippen molar-refractivity contribution in [2.75, 3.05) is 45.2 Å². The predicted molar refractivity (Wildman–Crippen MR) is 145 cm³/mol. The lowest BCUT2D eigenvalue weighted by Gasteiger charge is -2.32. The number of aromatic nitrogens is 1. The van der Waals surface area contributed by atoms with Gasteiger partial charge >= 0.3 is 0 Å². The molecular formula is C26H34N4O4S2. The van der Waals surface area contributed by atoms with Crippen LogP contribution in [0.1, 0.15) is 43.5 Å². The van der Waals surface area contributed by atoms with Crippen LogP contribution in [-0.2, 0) is 10.0 Å². The monoisotopic (exact) mass is 530 g/mol. The second-order valence-corrected chi connectivity index (χ2v) is 12.2. The average Bonchev–Trinajstić information content (AvgIpc) is 3.27. The number of amides is 1. The van der Waals surface area contributed by atoms with E-state index in [-0.39, 0.29) is 16.8 Å². The number of rotatable bonds is 9. The summed E-state index contributed by atoms with van der Waals surface area (Å²) in [6, 6.07) is 12.0. The minimum absolute atomic E-state index is 0.0196. The Hall–Kier alpha value is -2.53. The van der Waals surface area contributed by atoms with Crippen molar-refractivity contribution in [1.29, 1.82) is 0 Å². The van der Waals surface area contributed by atoms with Gasteiger partial charge in [-0.05, 0) is 83.2 Å². The van der Waals surface area contributed by atoms with E-state index in [2.05, 4.69) is 0 Å². The summed E-state index contributed by atoms with van der Waals surface area (Å²) in [4.78, 5) is 22.2. The Balaban J connectivity index is 1.61. The molecule has 36 heavy (non-hydrogen) atoms. The number of sulfonamides is 1. The number of thiazole rings is 1. The fourth-order valence-electron chi connectivity index (χ4n) is 4.34. The topological polar surface area (TPSA) is 83.0 Å². The number of carbonyl (C=O) groups excluding carboxylic acids is 1. The van der Waals surface area contributed by atoms with Crippen molar-refractivity contribution in [2.24, 2.45) is 0 Å². The first-order valence-corrected chi connectivity index (χ1v) is 14.6. The minimum Gasteiger partial charge on any atom is -0.494 e. The summed E-state index contributed by atoms with van der Waals surface area (Å²) in [7, 11) is 0.316. The average molecular weight is 531 g/mol. The van der Waals surface area contributed by atoms with Crippen LogP contribution in [0, 0.1) is 0 Å². The largest absolute Gasteiger partial charge is 0.494 e. The molecule has 1 unspecified atom stereocenters. The van der Waals surface area contributed by atoms with E-state index in [4.69, 9.17) is 9.72 Å². The number of piperidine rings is 1. The lowest BCUT2D eigenvalue weighted by molar-refractivity contribution is 0.0985. The number of anilines is 1. The van der Waals surface area contributed by atoms with E-state index in [1.54, 1.807) is 33.5 Å². The maximum absolute atomic E-state index is 13.6. The molecule has 0 aliphatic carbocycles. The SMILES string of the molecule is CCOc1ccc2nc(N(CCN(C)C)C(=O)c3ccc(S(=O)(=O)N4CCCCC4C)cc3)sc2c1. The summed E-state index contributed by atoms with van der Waals surface area (Å²) < 4.78 is 34.5. The van der Waals surface area contributed by atoms with E-state index in [0.29, 0.717) is 36.9 Å². The van der Waals surface area contributed by atoms with Gasteiger partial charge in [-0.15, -0.1) is 0 Å². The molecule has 2 heterocycles. The van der Waals surface area contributed by atoms with E-state index in [1.807, 2.05) is 51.0 Å². The van der Waals surface area contributed by atoms with E-state index >= 15 is 0 Å². The third kappa shape index (κ3) is 5.72. The highest BCUT2D eigenvalue weighted by molar-refractivity contribution is 7.89. The Kier molecular flexibility index (Phi) is 8.29. The molecule has 0 radical (unpaired) electrons. The van der Waals surface area contributed by atoms with Crippen molar-refractivity contribution in [3.63, 3.8) is 0 Å². The molecule has 1 fully saturated rings. The van der Waals surface area contributed by atoms with Crippen molar-refractivity contribution < 1.29 is 17.9 Å². The van der Waals surface area contributed by atoms with Crippen molar-refractivity contribution in [3.05, 3.63) is 48.0 Å². The minimum atomic E-state index is -3.59. The molecular weight excluding hydrogens is 496 g/mol. The van der Waals surface area contributed by atoms with Gasteiger partial charge in [0.25, 0.3) is 5.91 Å². The highest BCUT2D eigenvalue weighted by Crippen LogP contribution is 2.32.